The van der Waals surface area contributed by atoms with Gasteiger partial charge in [-0.25, -0.2) is 14.8 Å². The summed E-state index contributed by atoms with van der Waals surface area (Å²) >= 11 is 0. The highest BCUT2D eigenvalue weighted by atomic mass is 16.5. The predicted octanol–water partition coefficient (Wildman–Crippen LogP) is 1.05. The first-order valence-corrected chi connectivity index (χ1v) is 6.54. The molecule has 0 aliphatic heterocycles. The van der Waals surface area contributed by atoms with Crippen molar-refractivity contribution in [1.82, 2.24) is 14.9 Å². The summed E-state index contributed by atoms with van der Waals surface area (Å²) in [5.41, 5.74) is 6.05. The van der Waals surface area contributed by atoms with E-state index in [4.69, 9.17) is 10.5 Å². The number of carbonyl (C=O) groups excluding carboxylic acids is 2. The van der Waals surface area contributed by atoms with Gasteiger partial charge in [0.15, 0.2) is 11.5 Å². The van der Waals surface area contributed by atoms with Gasteiger partial charge >= 0.3 is 5.97 Å². The van der Waals surface area contributed by atoms with Gasteiger partial charge < -0.3 is 15.4 Å². The van der Waals surface area contributed by atoms with E-state index in [-0.39, 0.29) is 17.4 Å². The van der Waals surface area contributed by atoms with Crippen molar-refractivity contribution in [1.29, 1.82) is 0 Å². The summed E-state index contributed by atoms with van der Waals surface area (Å²) in [5.74, 6) is -1.20. The normalized spacial score (nSPS) is 11.5. The Morgan fingerprint density at radius 1 is 1.14 bits per heavy atom. The highest BCUT2D eigenvalue weighted by Crippen LogP contribution is 2.21. The van der Waals surface area contributed by atoms with E-state index in [0.717, 1.165) is 0 Å². The fourth-order valence-electron chi connectivity index (χ4n) is 1.79. The van der Waals surface area contributed by atoms with Gasteiger partial charge in [0, 0.05) is 32.1 Å². The Balaban J connectivity index is 2.29. The molecule has 1 amide bonds. The summed E-state index contributed by atoms with van der Waals surface area (Å²) in [6, 6.07) is 8.74. The van der Waals surface area contributed by atoms with Crippen LogP contribution in [0.1, 0.15) is 22.2 Å². The number of hydrogen-bond donors (Lipinski definition) is 1. The average molecular weight is 300 g/mol. The molecule has 7 heteroatoms. The molecule has 22 heavy (non-hydrogen) atoms. The van der Waals surface area contributed by atoms with Crippen LogP contribution in [0.3, 0.4) is 0 Å². The molecule has 1 aromatic heterocycles. The number of anilines is 1. The van der Waals surface area contributed by atoms with E-state index in [1.54, 1.807) is 38.4 Å². The van der Waals surface area contributed by atoms with Gasteiger partial charge in [0.25, 0.3) is 5.91 Å². The summed E-state index contributed by atoms with van der Waals surface area (Å²) in [4.78, 5) is 33.5. The number of carbonyl (C=O) groups is 2. The topological polar surface area (TPSA) is 98.4 Å². The number of ether oxygens (including phenoxy) is 1. The number of hydrogen-bond acceptors (Lipinski definition) is 6. The van der Waals surface area contributed by atoms with Gasteiger partial charge in [-0.1, -0.05) is 30.3 Å². The molecule has 0 aliphatic rings. The minimum absolute atomic E-state index is 0.0448. The third-order valence-corrected chi connectivity index (χ3v) is 2.91. The van der Waals surface area contributed by atoms with Crippen LogP contribution in [0, 0.1) is 0 Å². The molecule has 7 nitrogen and oxygen atoms in total. The Kier molecular flexibility index (Phi) is 4.67. The third kappa shape index (κ3) is 3.38. The molecule has 1 atom stereocenters. The Labute approximate surface area is 127 Å². The highest BCUT2D eigenvalue weighted by Gasteiger charge is 2.28. The number of nitrogen functional groups attached to an aromatic ring is 1. The SMILES string of the molecule is CN(C)C(=O)[C@H](OC(=O)c1nccnc1N)c1ccccc1. The number of nitrogens with zero attached hydrogens (tertiary/aromatic N) is 3. The van der Waals surface area contributed by atoms with E-state index in [0.29, 0.717) is 5.56 Å². The molecule has 114 valence electrons. The van der Waals surface area contributed by atoms with Crippen LogP contribution in [-0.2, 0) is 9.53 Å². The largest absolute Gasteiger partial charge is 0.442 e. The molecule has 0 bridgehead atoms. The fraction of sp³-hybridized carbons (Fsp3) is 0.200. The lowest BCUT2D eigenvalue weighted by Crippen LogP contribution is -2.31. The number of rotatable bonds is 4. The first-order chi connectivity index (χ1) is 10.5. The number of amides is 1. The Hall–Kier alpha value is -2.96. The van der Waals surface area contributed by atoms with Crippen LogP contribution >= 0.6 is 0 Å². The number of esters is 1. The lowest BCUT2D eigenvalue weighted by atomic mass is 10.1. The zero-order valence-corrected chi connectivity index (χ0v) is 12.3. The molecular weight excluding hydrogens is 284 g/mol. The minimum Gasteiger partial charge on any atom is -0.442 e. The predicted molar refractivity (Wildman–Crippen MR) is 79.7 cm³/mol. The molecule has 0 fully saturated rings. The molecule has 0 saturated heterocycles. The quantitative estimate of drug-likeness (QED) is 0.847. The molecule has 0 aliphatic carbocycles. The molecule has 2 N–H and O–H groups in total. The van der Waals surface area contributed by atoms with Gasteiger partial charge in [-0.15, -0.1) is 0 Å². The van der Waals surface area contributed by atoms with Crippen molar-refractivity contribution in [2.75, 3.05) is 19.8 Å². The number of aromatic nitrogens is 2. The first kappa shape index (κ1) is 15.4. The maximum atomic E-state index is 12.3. The van der Waals surface area contributed by atoms with Gasteiger partial charge in [0.2, 0.25) is 6.10 Å². The van der Waals surface area contributed by atoms with Crippen LogP contribution < -0.4 is 5.73 Å². The molecular formula is C15H16N4O3. The maximum absolute atomic E-state index is 12.3. The molecule has 0 unspecified atom stereocenters. The van der Waals surface area contributed by atoms with Crippen molar-refractivity contribution < 1.29 is 14.3 Å². The van der Waals surface area contributed by atoms with E-state index in [1.807, 2.05) is 6.07 Å². The minimum atomic E-state index is -1.06. The highest BCUT2D eigenvalue weighted by molar-refractivity contribution is 5.94. The lowest BCUT2D eigenvalue weighted by molar-refractivity contribution is -0.138. The third-order valence-electron chi connectivity index (χ3n) is 2.91. The smallest absolute Gasteiger partial charge is 0.361 e. The van der Waals surface area contributed by atoms with Crippen LogP contribution in [0.5, 0.6) is 0 Å². The molecule has 0 saturated carbocycles. The van der Waals surface area contributed by atoms with Crippen LogP contribution in [0.25, 0.3) is 0 Å². The van der Waals surface area contributed by atoms with E-state index in [2.05, 4.69) is 9.97 Å². The van der Waals surface area contributed by atoms with Crippen LogP contribution in [-0.4, -0.2) is 40.8 Å². The summed E-state index contributed by atoms with van der Waals surface area (Å²) < 4.78 is 5.31. The molecule has 2 rings (SSSR count). The Morgan fingerprint density at radius 2 is 1.77 bits per heavy atom. The van der Waals surface area contributed by atoms with Crippen molar-refractivity contribution in [2.45, 2.75) is 6.10 Å². The number of benzene rings is 1. The molecule has 0 radical (unpaired) electrons. The summed E-state index contributed by atoms with van der Waals surface area (Å²) in [5, 5.41) is 0. The zero-order valence-electron chi connectivity index (χ0n) is 12.3. The van der Waals surface area contributed by atoms with Crippen molar-refractivity contribution in [2.24, 2.45) is 0 Å². The Morgan fingerprint density at radius 3 is 2.36 bits per heavy atom. The second-order valence-corrected chi connectivity index (χ2v) is 4.72. The van der Waals surface area contributed by atoms with Crippen molar-refractivity contribution in [3.63, 3.8) is 0 Å². The molecule has 1 heterocycles. The van der Waals surface area contributed by atoms with Crippen molar-refractivity contribution >= 4 is 17.7 Å². The summed E-state index contributed by atoms with van der Waals surface area (Å²) in [6.45, 7) is 0. The van der Waals surface area contributed by atoms with Gasteiger partial charge in [-0.2, -0.15) is 0 Å². The number of nitrogens with two attached hydrogens (primary N) is 1. The van der Waals surface area contributed by atoms with Crippen LogP contribution in [0.15, 0.2) is 42.7 Å². The fourth-order valence-corrected chi connectivity index (χ4v) is 1.79. The second kappa shape index (κ2) is 6.66. The average Bonchev–Trinajstić information content (AvgIpc) is 2.53. The van der Waals surface area contributed by atoms with Crippen molar-refractivity contribution in [3.05, 3.63) is 54.0 Å². The summed E-state index contributed by atoms with van der Waals surface area (Å²) in [6.07, 6.45) is 1.63. The van der Waals surface area contributed by atoms with E-state index >= 15 is 0 Å². The molecule has 2 aromatic rings. The summed E-state index contributed by atoms with van der Waals surface area (Å²) in [7, 11) is 3.17. The molecule has 1 aromatic carbocycles. The molecule has 0 spiro atoms. The van der Waals surface area contributed by atoms with Crippen LogP contribution in [0.2, 0.25) is 0 Å². The number of likely N-dealkylation sites (N-methyl/N-ethyl adjacent to an activating group) is 1. The zero-order chi connectivity index (χ0) is 16.1. The Bertz CT molecular complexity index is 673. The first-order valence-electron chi connectivity index (χ1n) is 6.54. The van der Waals surface area contributed by atoms with Crippen molar-refractivity contribution in [3.8, 4) is 0 Å². The monoisotopic (exact) mass is 300 g/mol. The van der Waals surface area contributed by atoms with E-state index < -0.39 is 12.1 Å². The van der Waals surface area contributed by atoms with Gasteiger partial charge in [-0.3, -0.25) is 4.79 Å². The van der Waals surface area contributed by atoms with Crippen LogP contribution in [0.4, 0.5) is 5.82 Å². The van der Waals surface area contributed by atoms with Gasteiger partial charge in [-0.05, 0) is 0 Å². The van der Waals surface area contributed by atoms with Gasteiger partial charge in [0.05, 0.1) is 0 Å². The van der Waals surface area contributed by atoms with E-state index in [9.17, 15) is 9.59 Å². The maximum Gasteiger partial charge on any atom is 0.361 e. The lowest BCUT2D eigenvalue weighted by Gasteiger charge is -2.21. The van der Waals surface area contributed by atoms with Gasteiger partial charge in [0.1, 0.15) is 0 Å². The standard InChI is InChI=1S/C15H16N4O3/c1-19(2)14(20)12(10-6-4-3-5-7-10)22-15(21)11-13(16)18-9-8-17-11/h3-9,12H,1-2H3,(H2,16,18)/t12-/m1/s1. The van der Waals surface area contributed by atoms with E-state index in [1.165, 1.54) is 17.3 Å². The second-order valence-electron chi connectivity index (χ2n) is 4.72.